The fraction of sp³-hybridized carbons (Fsp3) is 0.136. The van der Waals surface area contributed by atoms with Gasteiger partial charge >= 0.3 is 0 Å². The van der Waals surface area contributed by atoms with Crippen LogP contribution >= 0.6 is 38.9 Å². The molecule has 1 atom stereocenters. The Morgan fingerprint density at radius 2 is 1.87 bits per heavy atom. The second-order valence-electron chi connectivity index (χ2n) is 7.08. The monoisotopic (exact) mass is 500 g/mol. The van der Waals surface area contributed by atoms with Crippen molar-refractivity contribution >= 4 is 60.9 Å². The van der Waals surface area contributed by atoms with E-state index in [1.807, 2.05) is 26.0 Å². The summed E-state index contributed by atoms with van der Waals surface area (Å²) in [4.78, 5) is 34.1. The van der Waals surface area contributed by atoms with Gasteiger partial charge in [0, 0.05) is 14.4 Å². The number of nitrogens with zero attached hydrogens (tertiary/aromatic N) is 2. The van der Waals surface area contributed by atoms with Crippen molar-refractivity contribution in [2.24, 2.45) is 0 Å². The molecule has 30 heavy (non-hydrogen) atoms. The van der Waals surface area contributed by atoms with Gasteiger partial charge in [0.05, 0.1) is 22.7 Å². The fourth-order valence-electron chi connectivity index (χ4n) is 3.66. The van der Waals surface area contributed by atoms with Gasteiger partial charge in [0.2, 0.25) is 5.76 Å². The first-order chi connectivity index (χ1) is 14.3. The Bertz CT molecular complexity index is 1370. The van der Waals surface area contributed by atoms with Crippen LogP contribution in [0, 0.1) is 13.8 Å². The van der Waals surface area contributed by atoms with E-state index in [1.165, 1.54) is 11.3 Å². The summed E-state index contributed by atoms with van der Waals surface area (Å²) in [5.74, 6) is -0.319. The van der Waals surface area contributed by atoms with E-state index in [4.69, 9.17) is 16.0 Å². The molecule has 0 saturated heterocycles. The number of aryl methyl sites for hydroxylation is 2. The number of aromatic nitrogens is 1. The Morgan fingerprint density at radius 3 is 2.53 bits per heavy atom. The average molecular weight is 502 g/mol. The molecule has 5 nitrogen and oxygen atoms in total. The van der Waals surface area contributed by atoms with Crippen molar-refractivity contribution in [2.75, 3.05) is 4.90 Å². The van der Waals surface area contributed by atoms with E-state index in [2.05, 4.69) is 20.9 Å². The Kier molecular flexibility index (Phi) is 4.57. The van der Waals surface area contributed by atoms with E-state index in [0.717, 1.165) is 20.6 Å². The number of hydrogen-bond donors (Lipinski definition) is 0. The molecule has 1 amide bonds. The third-order valence-electron chi connectivity index (χ3n) is 5.24. The Labute approximate surface area is 189 Å². The SMILES string of the molecule is Cc1nc(N2C(=O)c3oc4ccc(Br)cc4c(=O)c3[C@H]2c2ccc(Cl)cc2)sc1C. The van der Waals surface area contributed by atoms with Crippen LogP contribution in [-0.4, -0.2) is 10.9 Å². The number of halogens is 2. The Hall–Kier alpha value is -2.48. The molecule has 0 saturated carbocycles. The molecule has 2 aromatic carbocycles. The largest absolute Gasteiger partial charge is 0.450 e. The van der Waals surface area contributed by atoms with Crippen LogP contribution in [0.3, 0.4) is 0 Å². The summed E-state index contributed by atoms with van der Waals surface area (Å²) in [7, 11) is 0. The molecule has 8 heteroatoms. The molecular formula is C22H14BrClN2O3S. The summed E-state index contributed by atoms with van der Waals surface area (Å²) in [5, 5.41) is 1.53. The zero-order valence-electron chi connectivity index (χ0n) is 15.9. The number of fused-ring (bicyclic) bond motifs is 2. The third-order valence-corrected chi connectivity index (χ3v) is 7.06. The molecule has 150 valence electrons. The normalized spacial score (nSPS) is 15.8. The number of amides is 1. The maximum Gasteiger partial charge on any atom is 0.297 e. The maximum absolute atomic E-state index is 13.5. The molecule has 5 rings (SSSR count). The zero-order valence-corrected chi connectivity index (χ0v) is 19.1. The topological polar surface area (TPSA) is 63.4 Å². The van der Waals surface area contributed by atoms with Crippen molar-refractivity contribution in [3.8, 4) is 0 Å². The number of anilines is 1. The van der Waals surface area contributed by atoms with E-state index >= 15 is 0 Å². The lowest BCUT2D eigenvalue weighted by Gasteiger charge is -2.22. The summed E-state index contributed by atoms with van der Waals surface area (Å²) in [5.41, 5.74) is 2.07. The third kappa shape index (κ3) is 2.92. The van der Waals surface area contributed by atoms with E-state index < -0.39 is 6.04 Å². The lowest BCUT2D eigenvalue weighted by atomic mass is 9.99. The highest BCUT2D eigenvalue weighted by Crippen LogP contribution is 2.43. The lowest BCUT2D eigenvalue weighted by molar-refractivity contribution is 0.0971. The van der Waals surface area contributed by atoms with Crippen LogP contribution in [0.5, 0.6) is 0 Å². The van der Waals surface area contributed by atoms with Crippen molar-refractivity contribution in [1.29, 1.82) is 0 Å². The van der Waals surface area contributed by atoms with Gasteiger partial charge in [-0.1, -0.05) is 39.7 Å². The molecule has 0 bridgehead atoms. The Morgan fingerprint density at radius 1 is 1.13 bits per heavy atom. The van der Waals surface area contributed by atoms with E-state index in [1.54, 1.807) is 35.2 Å². The van der Waals surface area contributed by atoms with Crippen molar-refractivity contribution in [1.82, 2.24) is 4.98 Å². The molecule has 0 aliphatic carbocycles. The summed E-state index contributed by atoms with van der Waals surface area (Å²) in [6.45, 7) is 3.85. The molecule has 1 aliphatic rings. The van der Waals surface area contributed by atoms with Gasteiger partial charge in [0.15, 0.2) is 10.6 Å². The molecule has 0 radical (unpaired) electrons. The van der Waals surface area contributed by atoms with E-state index in [-0.39, 0.29) is 17.1 Å². The number of benzene rings is 2. The number of rotatable bonds is 2. The molecule has 0 N–H and O–H groups in total. The first-order valence-electron chi connectivity index (χ1n) is 9.14. The molecule has 0 unspecified atom stereocenters. The first-order valence-corrected chi connectivity index (χ1v) is 11.1. The van der Waals surface area contributed by atoms with Crippen LogP contribution in [0.15, 0.2) is 56.1 Å². The fourth-order valence-corrected chi connectivity index (χ4v) is 5.09. The highest BCUT2D eigenvalue weighted by molar-refractivity contribution is 9.10. The van der Waals surface area contributed by atoms with Crippen LogP contribution in [0.2, 0.25) is 5.02 Å². The van der Waals surface area contributed by atoms with Gasteiger partial charge in [-0.25, -0.2) is 4.98 Å². The lowest BCUT2D eigenvalue weighted by Crippen LogP contribution is -2.29. The molecule has 1 aliphatic heterocycles. The second-order valence-corrected chi connectivity index (χ2v) is 9.62. The van der Waals surface area contributed by atoms with Crippen molar-refractivity contribution in [3.63, 3.8) is 0 Å². The molecule has 4 aromatic rings. The summed E-state index contributed by atoms with van der Waals surface area (Å²) < 4.78 is 6.72. The van der Waals surface area contributed by atoms with Gasteiger partial charge in [-0.3, -0.25) is 14.5 Å². The minimum Gasteiger partial charge on any atom is -0.450 e. The minimum atomic E-state index is -0.644. The second kappa shape index (κ2) is 7.04. The van der Waals surface area contributed by atoms with Gasteiger partial charge in [0.1, 0.15) is 5.58 Å². The van der Waals surface area contributed by atoms with E-state index in [0.29, 0.717) is 26.7 Å². The van der Waals surface area contributed by atoms with Gasteiger partial charge in [-0.05, 0) is 49.7 Å². The number of carbonyl (C=O) groups excluding carboxylic acids is 1. The molecule has 3 heterocycles. The van der Waals surface area contributed by atoms with Gasteiger partial charge in [0.25, 0.3) is 5.91 Å². The van der Waals surface area contributed by atoms with Gasteiger partial charge in [-0.2, -0.15) is 0 Å². The molecular weight excluding hydrogens is 488 g/mol. The number of hydrogen-bond acceptors (Lipinski definition) is 5. The average Bonchev–Trinajstić information content (AvgIpc) is 3.20. The molecule has 0 spiro atoms. The standard InChI is InChI=1S/C22H14BrClN2O3S/c1-10-11(2)30-22(25-10)26-18(12-3-6-14(24)7-4-12)17-19(27)15-9-13(23)5-8-16(15)29-20(17)21(26)28/h3-9,18H,1-2H3/t18-/m1/s1. The van der Waals surface area contributed by atoms with Crippen LogP contribution in [-0.2, 0) is 0 Å². The van der Waals surface area contributed by atoms with Crippen LogP contribution in [0.1, 0.15) is 38.3 Å². The number of carbonyl (C=O) groups is 1. The predicted molar refractivity (Wildman–Crippen MR) is 122 cm³/mol. The minimum absolute atomic E-state index is 0.0558. The summed E-state index contributed by atoms with van der Waals surface area (Å²) >= 11 is 10.9. The highest BCUT2D eigenvalue weighted by Gasteiger charge is 2.45. The zero-order chi connectivity index (χ0) is 21.2. The Balaban J connectivity index is 1.82. The van der Waals surface area contributed by atoms with Crippen LogP contribution < -0.4 is 10.3 Å². The summed E-state index contributed by atoms with van der Waals surface area (Å²) in [6.07, 6.45) is 0. The van der Waals surface area contributed by atoms with Crippen molar-refractivity contribution < 1.29 is 9.21 Å². The van der Waals surface area contributed by atoms with Crippen molar-refractivity contribution in [3.05, 3.63) is 89.6 Å². The molecule has 2 aromatic heterocycles. The predicted octanol–water partition coefficient (Wildman–Crippen LogP) is 6.03. The maximum atomic E-state index is 13.5. The van der Waals surface area contributed by atoms with Gasteiger partial charge < -0.3 is 4.42 Å². The molecule has 0 fully saturated rings. The summed E-state index contributed by atoms with van der Waals surface area (Å²) in [6, 6.07) is 11.7. The van der Waals surface area contributed by atoms with Gasteiger partial charge in [-0.15, -0.1) is 11.3 Å². The number of thiazole rings is 1. The van der Waals surface area contributed by atoms with Crippen molar-refractivity contribution in [2.45, 2.75) is 19.9 Å². The van der Waals surface area contributed by atoms with Crippen LogP contribution in [0.25, 0.3) is 11.0 Å². The smallest absolute Gasteiger partial charge is 0.297 e. The van der Waals surface area contributed by atoms with Crippen LogP contribution in [0.4, 0.5) is 5.13 Å². The highest BCUT2D eigenvalue weighted by atomic mass is 79.9. The first kappa shape index (κ1) is 19.5. The quantitative estimate of drug-likeness (QED) is 0.336. The van der Waals surface area contributed by atoms with E-state index in [9.17, 15) is 9.59 Å².